The summed E-state index contributed by atoms with van der Waals surface area (Å²) in [5, 5.41) is 0. The van der Waals surface area contributed by atoms with Crippen LogP contribution in [-0.4, -0.2) is 30.1 Å². The van der Waals surface area contributed by atoms with E-state index in [-0.39, 0.29) is 0 Å². The summed E-state index contributed by atoms with van der Waals surface area (Å²) in [6, 6.07) is 1.46. The second kappa shape index (κ2) is 5.27. The lowest BCUT2D eigenvalue weighted by atomic mass is 9.83. The van der Waals surface area contributed by atoms with E-state index in [1.807, 2.05) is 0 Å². The number of nitrogens with two attached hydrogens (primary N) is 1. The van der Waals surface area contributed by atoms with E-state index in [0.717, 1.165) is 17.9 Å². The van der Waals surface area contributed by atoms with E-state index < -0.39 is 0 Å². The van der Waals surface area contributed by atoms with Gasteiger partial charge < -0.3 is 5.73 Å². The van der Waals surface area contributed by atoms with Gasteiger partial charge in [-0.15, -0.1) is 0 Å². The quantitative estimate of drug-likeness (QED) is 0.799. The molecule has 0 aromatic rings. The summed E-state index contributed by atoms with van der Waals surface area (Å²) in [5.41, 5.74) is 6.00. The fourth-order valence-electron chi connectivity index (χ4n) is 4.43. The minimum atomic E-state index is 0.507. The smallest absolute Gasteiger partial charge is 0.0124 e. The van der Waals surface area contributed by atoms with Crippen LogP contribution in [0.1, 0.15) is 57.8 Å². The molecule has 0 spiro atoms. The van der Waals surface area contributed by atoms with Crippen LogP contribution in [0.3, 0.4) is 0 Å². The topological polar surface area (TPSA) is 29.3 Å². The molecule has 2 heteroatoms. The molecule has 0 aromatic heterocycles. The van der Waals surface area contributed by atoms with Crippen molar-refractivity contribution in [1.29, 1.82) is 0 Å². The second-order valence-electron chi connectivity index (χ2n) is 6.68. The molecule has 0 bridgehead atoms. The monoisotopic (exact) mass is 236 g/mol. The first-order valence-corrected chi connectivity index (χ1v) is 7.82. The molecule has 98 valence electrons. The molecule has 1 aliphatic heterocycles. The van der Waals surface area contributed by atoms with Gasteiger partial charge in [0.15, 0.2) is 0 Å². The fraction of sp³-hybridized carbons (Fsp3) is 1.00. The average Bonchev–Trinajstić information content (AvgIpc) is 2.76. The van der Waals surface area contributed by atoms with E-state index in [0.29, 0.717) is 6.04 Å². The van der Waals surface area contributed by atoms with Crippen LogP contribution >= 0.6 is 0 Å². The zero-order valence-corrected chi connectivity index (χ0v) is 11.1. The van der Waals surface area contributed by atoms with E-state index in [9.17, 15) is 0 Å². The molecule has 1 heterocycles. The van der Waals surface area contributed by atoms with Gasteiger partial charge in [-0.1, -0.05) is 12.8 Å². The summed E-state index contributed by atoms with van der Waals surface area (Å²) in [7, 11) is 0. The lowest BCUT2D eigenvalue weighted by Crippen LogP contribution is -2.39. The van der Waals surface area contributed by atoms with Crippen LogP contribution in [0.4, 0.5) is 0 Å². The van der Waals surface area contributed by atoms with Crippen molar-refractivity contribution in [2.75, 3.05) is 13.1 Å². The fourth-order valence-corrected chi connectivity index (χ4v) is 4.43. The lowest BCUT2D eigenvalue weighted by Gasteiger charge is -2.35. The molecular formula is C15H28N2. The highest BCUT2D eigenvalue weighted by atomic mass is 15.2. The van der Waals surface area contributed by atoms with Gasteiger partial charge in [0.2, 0.25) is 0 Å². The predicted molar refractivity (Wildman–Crippen MR) is 71.9 cm³/mol. The van der Waals surface area contributed by atoms with Crippen molar-refractivity contribution >= 4 is 0 Å². The zero-order valence-electron chi connectivity index (χ0n) is 11.1. The van der Waals surface area contributed by atoms with Crippen LogP contribution in [0, 0.1) is 11.8 Å². The molecule has 3 rings (SSSR count). The Labute approximate surface area is 106 Å². The van der Waals surface area contributed by atoms with Crippen LogP contribution in [-0.2, 0) is 0 Å². The maximum atomic E-state index is 6.00. The molecule has 2 nitrogen and oxygen atoms in total. The maximum Gasteiger partial charge on any atom is 0.0124 e. The Morgan fingerprint density at radius 3 is 2.47 bits per heavy atom. The number of hydrogen-bond acceptors (Lipinski definition) is 2. The highest BCUT2D eigenvalue weighted by molar-refractivity contribution is 4.91. The first-order chi connectivity index (χ1) is 8.33. The molecule has 2 unspecified atom stereocenters. The Morgan fingerprint density at radius 2 is 1.65 bits per heavy atom. The molecule has 0 aromatic carbocycles. The number of hydrogen-bond donors (Lipinski definition) is 1. The van der Waals surface area contributed by atoms with E-state index in [1.165, 1.54) is 70.9 Å². The largest absolute Gasteiger partial charge is 0.328 e. The van der Waals surface area contributed by atoms with Crippen molar-refractivity contribution in [3.05, 3.63) is 0 Å². The predicted octanol–water partition coefficient (Wildman–Crippen LogP) is 2.77. The van der Waals surface area contributed by atoms with E-state index in [1.54, 1.807) is 0 Å². The van der Waals surface area contributed by atoms with Gasteiger partial charge in [-0.05, 0) is 63.3 Å². The number of nitrogens with zero attached hydrogens (tertiary/aromatic N) is 1. The Bertz CT molecular complexity index is 245. The minimum absolute atomic E-state index is 0.507. The summed E-state index contributed by atoms with van der Waals surface area (Å²) in [4.78, 5) is 2.84. The highest BCUT2D eigenvalue weighted by Crippen LogP contribution is 2.37. The van der Waals surface area contributed by atoms with E-state index >= 15 is 0 Å². The molecule has 2 atom stereocenters. The summed E-state index contributed by atoms with van der Waals surface area (Å²) >= 11 is 0. The van der Waals surface area contributed by atoms with Crippen molar-refractivity contribution < 1.29 is 0 Å². The standard InChI is InChI=1S/C15H28N2/c16-14-7-5-12(6-8-14)11-17-10-9-13-3-1-2-4-15(13)17/h12-15H,1-11,16H2. The zero-order chi connectivity index (χ0) is 11.7. The third kappa shape index (κ3) is 2.68. The van der Waals surface area contributed by atoms with E-state index in [4.69, 9.17) is 5.73 Å². The molecule has 2 N–H and O–H groups in total. The summed E-state index contributed by atoms with van der Waals surface area (Å²) < 4.78 is 0. The van der Waals surface area contributed by atoms with Crippen LogP contribution in [0.2, 0.25) is 0 Å². The highest BCUT2D eigenvalue weighted by Gasteiger charge is 2.36. The second-order valence-corrected chi connectivity index (χ2v) is 6.68. The Balaban J connectivity index is 1.51. The summed E-state index contributed by atoms with van der Waals surface area (Å²) in [5.74, 6) is 2.00. The van der Waals surface area contributed by atoms with Gasteiger partial charge in [0, 0.05) is 18.6 Å². The third-order valence-corrected chi connectivity index (χ3v) is 5.51. The van der Waals surface area contributed by atoms with E-state index in [2.05, 4.69) is 4.90 Å². The molecule has 1 saturated heterocycles. The van der Waals surface area contributed by atoms with Gasteiger partial charge in [0.25, 0.3) is 0 Å². The molecule has 17 heavy (non-hydrogen) atoms. The number of fused-ring (bicyclic) bond motifs is 1. The van der Waals surface area contributed by atoms with Gasteiger partial charge >= 0.3 is 0 Å². The van der Waals surface area contributed by atoms with Crippen molar-refractivity contribution in [1.82, 2.24) is 4.90 Å². The normalized spacial score (nSPS) is 43.6. The molecule has 2 saturated carbocycles. The summed E-state index contributed by atoms with van der Waals surface area (Å²) in [6.07, 6.45) is 12.8. The molecule has 2 aliphatic carbocycles. The van der Waals surface area contributed by atoms with Crippen LogP contribution in [0.15, 0.2) is 0 Å². The summed E-state index contributed by atoms with van der Waals surface area (Å²) in [6.45, 7) is 2.77. The first-order valence-electron chi connectivity index (χ1n) is 7.82. The lowest BCUT2D eigenvalue weighted by molar-refractivity contribution is 0.143. The van der Waals surface area contributed by atoms with Gasteiger partial charge in [-0.3, -0.25) is 4.90 Å². The third-order valence-electron chi connectivity index (χ3n) is 5.51. The van der Waals surface area contributed by atoms with Crippen LogP contribution < -0.4 is 5.73 Å². The first kappa shape index (κ1) is 12.0. The van der Waals surface area contributed by atoms with Crippen LogP contribution in [0.5, 0.6) is 0 Å². The van der Waals surface area contributed by atoms with Crippen LogP contribution in [0.25, 0.3) is 0 Å². The van der Waals surface area contributed by atoms with Crippen molar-refractivity contribution in [2.45, 2.75) is 69.9 Å². The minimum Gasteiger partial charge on any atom is -0.328 e. The Hall–Kier alpha value is -0.0800. The Morgan fingerprint density at radius 1 is 0.882 bits per heavy atom. The molecule has 0 radical (unpaired) electrons. The maximum absolute atomic E-state index is 6.00. The number of likely N-dealkylation sites (tertiary alicyclic amines) is 1. The molecule has 3 fully saturated rings. The van der Waals surface area contributed by atoms with Gasteiger partial charge in [-0.2, -0.15) is 0 Å². The average molecular weight is 236 g/mol. The van der Waals surface area contributed by atoms with Gasteiger partial charge in [0.1, 0.15) is 0 Å². The molecular weight excluding hydrogens is 208 g/mol. The van der Waals surface area contributed by atoms with Crippen molar-refractivity contribution in [3.63, 3.8) is 0 Å². The SMILES string of the molecule is NC1CCC(CN2CCC3CCCCC32)CC1. The molecule has 3 aliphatic rings. The van der Waals surface area contributed by atoms with Crippen molar-refractivity contribution in [2.24, 2.45) is 17.6 Å². The van der Waals surface area contributed by atoms with Gasteiger partial charge in [0.05, 0.1) is 0 Å². The Kier molecular flexibility index (Phi) is 3.72. The van der Waals surface area contributed by atoms with Gasteiger partial charge in [-0.25, -0.2) is 0 Å². The van der Waals surface area contributed by atoms with Crippen molar-refractivity contribution in [3.8, 4) is 0 Å². The number of rotatable bonds is 2. The molecule has 0 amide bonds.